The summed E-state index contributed by atoms with van der Waals surface area (Å²) in [6, 6.07) is 10.5. The number of hydrogen-bond donors (Lipinski definition) is 1. The summed E-state index contributed by atoms with van der Waals surface area (Å²) in [6.07, 6.45) is 7.91. The van der Waals surface area contributed by atoms with Gasteiger partial charge in [-0.2, -0.15) is 0 Å². The molecule has 0 radical (unpaired) electrons. The van der Waals surface area contributed by atoms with Crippen LogP contribution >= 0.6 is 0 Å². The molecule has 2 heteroatoms. The van der Waals surface area contributed by atoms with E-state index >= 15 is 0 Å². The van der Waals surface area contributed by atoms with E-state index in [4.69, 9.17) is 0 Å². The number of piperidine rings is 1. The van der Waals surface area contributed by atoms with Gasteiger partial charge >= 0.3 is 0 Å². The van der Waals surface area contributed by atoms with Crippen LogP contribution in [0.4, 0.5) is 0 Å². The standard InChI is InChI=1S/C18H28N2/c1-15(14-18-8-4-5-11-19-18)20-12-9-16-6-2-3-7-17(16)10-13-20/h2-3,6-7,15,18-19H,4-5,8-14H2,1H3. The zero-order valence-corrected chi connectivity index (χ0v) is 12.8. The molecule has 1 fully saturated rings. The molecule has 1 N–H and O–H groups in total. The normalized spacial score (nSPS) is 25.8. The Labute approximate surface area is 123 Å². The first-order valence-electron chi connectivity index (χ1n) is 8.37. The maximum atomic E-state index is 3.70. The first-order chi connectivity index (χ1) is 9.83. The lowest BCUT2D eigenvalue weighted by Crippen LogP contribution is -2.42. The second-order valence-electron chi connectivity index (χ2n) is 6.54. The molecule has 20 heavy (non-hydrogen) atoms. The minimum absolute atomic E-state index is 0.708. The zero-order valence-electron chi connectivity index (χ0n) is 12.8. The van der Waals surface area contributed by atoms with Crippen molar-refractivity contribution in [2.45, 2.75) is 57.5 Å². The highest BCUT2D eigenvalue weighted by Gasteiger charge is 2.22. The Bertz CT molecular complexity index is 396. The van der Waals surface area contributed by atoms with Crippen LogP contribution in [-0.4, -0.2) is 36.6 Å². The average Bonchev–Trinajstić information content (AvgIpc) is 2.71. The molecule has 1 saturated heterocycles. The fourth-order valence-electron chi connectivity index (χ4n) is 3.81. The average molecular weight is 272 g/mol. The van der Waals surface area contributed by atoms with Crippen LogP contribution in [0.25, 0.3) is 0 Å². The molecule has 0 spiro atoms. The van der Waals surface area contributed by atoms with E-state index in [0.717, 1.165) is 6.04 Å². The molecule has 0 saturated carbocycles. The van der Waals surface area contributed by atoms with Crippen LogP contribution in [0, 0.1) is 0 Å². The van der Waals surface area contributed by atoms with Crippen LogP contribution in [-0.2, 0) is 12.8 Å². The van der Waals surface area contributed by atoms with Gasteiger partial charge in [0.25, 0.3) is 0 Å². The van der Waals surface area contributed by atoms with Crippen molar-refractivity contribution in [3.05, 3.63) is 35.4 Å². The Morgan fingerprint density at radius 3 is 2.45 bits per heavy atom. The lowest BCUT2D eigenvalue weighted by atomic mass is 9.98. The third-order valence-corrected chi connectivity index (χ3v) is 5.12. The lowest BCUT2D eigenvalue weighted by Gasteiger charge is -2.32. The van der Waals surface area contributed by atoms with Crippen LogP contribution in [0.3, 0.4) is 0 Å². The van der Waals surface area contributed by atoms with Crippen LogP contribution in [0.1, 0.15) is 43.7 Å². The van der Waals surface area contributed by atoms with Gasteiger partial charge in [0, 0.05) is 25.2 Å². The van der Waals surface area contributed by atoms with E-state index in [2.05, 4.69) is 41.4 Å². The molecule has 0 amide bonds. The molecule has 2 atom stereocenters. The molecule has 3 rings (SSSR count). The number of benzene rings is 1. The van der Waals surface area contributed by atoms with Crippen molar-refractivity contribution in [3.8, 4) is 0 Å². The molecule has 0 aromatic heterocycles. The van der Waals surface area contributed by atoms with Gasteiger partial charge in [-0.3, -0.25) is 4.90 Å². The van der Waals surface area contributed by atoms with Crippen LogP contribution < -0.4 is 5.32 Å². The Morgan fingerprint density at radius 1 is 1.15 bits per heavy atom. The number of nitrogens with one attached hydrogen (secondary N) is 1. The molecule has 1 aromatic rings. The molecule has 2 unspecified atom stereocenters. The first-order valence-corrected chi connectivity index (χ1v) is 8.37. The summed E-state index contributed by atoms with van der Waals surface area (Å²) in [5, 5.41) is 3.70. The summed E-state index contributed by atoms with van der Waals surface area (Å²) in [5.41, 5.74) is 3.14. The Morgan fingerprint density at radius 2 is 1.85 bits per heavy atom. The van der Waals surface area contributed by atoms with E-state index in [1.165, 1.54) is 58.2 Å². The van der Waals surface area contributed by atoms with E-state index in [1.807, 2.05) is 0 Å². The minimum Gasteiger partial charge on any atom is -0.314 e. The van der Waals surface area contributed by atoms with Crippen molar-refractivity contribution in [1.29, 1.82) is 0 Å². The Hall–Kier alpha value is -0.860. The fourth-order valence-corrected chi connectivity index (χ4v) is 3.81. The summed E-state index contributed by atoms with van der Waals surface area (Å²) in [7, 11) is 0. The molecule has 2 heterocycles. The molecular formula is C18H28N2. The van der Waals surface area contributed by atoms with E-state index in [-0.39, 0.29) is 0 Å². The van der Waals surface area contributed by atoms with Crippen LogP contribution in [0.15, 0.2) is 24.3 Å². The largest absolute Gasteiger partial charge is 0.314 e. The highest BCUT2D eigenvalue weighted by Crippen LogP contribution is 2.20. The van der Waals surface area contributed by atoms with Crippen molar-refractivity contribution in [1.82, 2.24) is 10.2 Å². The molecule has 2 aliphatic heterocycles. The lowest BCUT2D eigenvalue weighted by molar-refractivity contribution is 0.187. The molecule has 2 nitrogen and oxygen atoms in total. The number of fused-ring (bicyclic) bond motifs is 1. The van der Waals surface area contributed by atoms with Gasteiger partial charge in [-0.05, 0) is 56.7 Å². The van der Waals surface area contributed by atoms with Crippen LogP contribution in [0.2, 0.25) is 0 Å². The predicted molar refractivity (Wildman–Crippen MR) is 85.1 cm³/mol. The summed E-state index contributed by atoms with van der Waals surface area (Å²) in [4.78, 5) is 2.70. The zero-order chi connectivity index (χ0) is 13.8. The molecule has 110 valence electrons. The van der Waals surface area contributed by atoms with Gasteiger partial charge in [0.05, 0.1) is 0 Å². The highest BCUT2D eigenvalue weighted by atomic mass is 15.2. The number of rotatable bonds is 3. The monoisotopic (exact) mass is 272 g/mol. The van der Waals surface area contributed by atoms with Gasteiger partial charge in [0.15, 0.2) is 0 Å². The van der Waals surface area contributed by atoms with Crippen molar-refractivity contribution < 1.29 is 0 Å². The topological polar surface area (TPSA) is 15.3 Å². The van der Waals surface area contributed by atoms with Crippen molar-refractivity contribution in [2.24, 2.45) is 0 Å². The molecule has 2 aliphatic rings. The molecular weight excluding hydrogens is 244 g/mol. The maximum absolute atomic E-state index is 3.70. The van der Waals surface area contributed by atoms with Gasteiger partial charge in [-0.25, -0.2) is 0 Å². The quantitative estimate of drug-likeness (QED) is 0.910. The van der Waals surface area contributed by atoms with E-state index in [9.17, 15) is 0 Å². The maximum Gasteiger partial charge on any atom is 0.00819 e. The van der Waals surface area contributed by atoms with Crippen molar-refractivity contribution in [3.63, 3.8) is 0 Å². The van der Waals surface area contributed by atoms with Gasteiger partial charge in [0.1, 0.15) is 0 Å². The Balaban J connectivity index is 1.55. The Kier molecular flexibility index (Phi) is 4.74. The second-order valence-corrected chi connectivity index (χ2v) is 6.54. The van der Waals surface area contributed by atoms with E-state index in [0.29, 0.717) is 6.04 Å². The molecule has 0 bridgehead atoms. The van der Waals surface area contributed by atoms with Crippen molar-refractivity contribution >= 4 is 0 Å². The molecule has 1 aromatic carbocycles. The second kappa shape index (κ2) is 6.73. The summed E-state index contributed by atoms with van der Waals surface area (Å²) in [5.74, 6) is 0. The summed E-state index contributed by atoms with van der Waals surface area (Å²) < 4.78 is 0. The van der Waals surface area contributed by atoms with E-state index < -0.39 is 0 Å². The molecule has 0 aliphatic carbocycles. The SMILES string of the molecule is CC(CC1CCCCN1)N1CCc2ccccc2CC1. The smallest absolute Gasteiger partial charge is 0.00819 e. The van der Waals surface area contributed by atoms with Gasteiger partial charge in [-0.15, -0.1) is 0 Å². The predicted octanol–water partition coefficient (Wildman–Crippen LogP) is 3.01. The van der Waals surface area contributed by atoms with Gasteiger partial charge < -0.3 is 5.32 Å². The first kappa shape index (κ1) is 14.1. The minimum atomic E-state index is 0.708. The van der Waals surface area contributed by atoms with Crippen molar-refractivity contribution in [2.75, 3.05) is 19.6 Å². The summed E-state index contributed by atoms with van der Waals surface area (Å²) >= 11 is 0. The van der Waals surface area contributed by atoms with Gasteiger partial charge in [-0.1, -0.05) is 30.7 Å². The van der Waals surface area contributed by atoms with E-state index in [1.54, 1.807) is 11.1 Å². The fraction of sp³-hybridized carbons (Fsp3) is 0.667. The number of nitrogens with zero attached hydrogens (tertiary/aromatic N) is 1. The number of hydrogen-bond acceptors (Lipinski definition) is 2. The third-order valence-electron chi connectivity index (χ3n) is 5.12. The third kappa shape index (κ3) is 3.42. The van der Waals surface area contributed by atoms with Gasteiger partial charge in [0.2, 0.25) is 0 Å². The summed E-state index contributed by atoms with van der Waals surface area (Å²) in [6.45, 7) is 6.10. The van der Waals surface area contributed by atoms with Crippen LogP contribution in [0.5, 0.6) is 0 Å². The highest BCUT2D eigenvalue weighted by molar-refractivity contribution is 5.28.